The van der Waals surface area contributed by atoms with Crippen molar-refractivity contribution in [3.63, 3.8) is 0 Å². The van der Waals surface area contributed by atoms with Crippen LogP contribution in [0.3, 0.4) is 0 Å². The second-order valence-corrected chi connectivity index (χ2v) is 3.81. The number of aromatic nitrogens is 1. The van der Waals surface area contributed by atoms with E-state index in [2.05, 4.69) is 11.1 Å². The van der Waals surface area contributed by atoms with Crippen molar-refractivity contribution in [2.45, 2.75) is 25.3 Å². The maximum absolute atomic E-state index is 11.5. The molecule has 0 aliphatic carbocycles. The van der Waals surface area contributed by atoms with Gasteiger partial charge in [-0.25, -0.2) is 0 Å². The van der Waals surface area contributed by atoms with Gasteiger partial charge in [-0.3, -0.25) is 4.79 Å². The summed E-state index contributed by atoms with van der Waals surface area (Å²) in [6, 6.07) is 2.49. The van der Waals surface area contributed by atoms with Crippen LogP contribution in [0.4, 0.5) is 0 Å². The lowest BCUT2D eigenvalue weighted by Gasteiger charge is -2.29. The fourth-order valence-electron chi connectivity index (χ4n) is 2.50. The molecule has 1 aromatic rings. The Morgan fingerprint density at radius 1 is 1.46 bits per heavy atom. The molecule has 1 unspecified atom stereocenters. The third-order valence-electron chi connectivity index (χ3n) is 3.15. The standard InChI is InChI=1S/C10H12N2O/c13-9-2-1-8-10-7(3-5-11-10)4-6-12(8)9/h3,5,8,11H,1-2,4,6H2. The highest BCUT2D eigenvalue weighted by Gasteiger charge is 2.36. The van der Waals surface area contributed by atoms with E-state index in [1.54, 1.807) is 0 Å². The Hall–Kier alpha value is -1.25. The number of hydrogen-bond donors (Lipinski definition) is 1. The lowest BCUT2D eigenvalue weighted by atomic mass is 10.0. The molecule has 1 fully saturated rings. The van der Waals surface area contributed by atoms with Crippen molar-refractivity contribution in [2.75, 3.05) is 6.54 Å². The number of nitrogens with zero attached hydrogens (tertiary/aromatic N) is 1. The first-order valence-corrected chi connectivity index (χ1v) is 4.82. The molecule has 1 amide bonds. The average molecular weight is 176 g/mol. The van der Waals surface area contributed by atoms with Crippen LogP contribution in [0, 0.1) is 0 Å². The molecule has 3 rings (SSSR count). The van der Waals surface area contributed by atoms with Crippen molar-refractivity contribution in [2.24, 2.45) is 0 Å². The molecule has 1 N–H and O–H groups in total. The predicted molar refractivity (Wildman–Crippen MR) is 48.2 cm³/mol. The highest BCUT2D eigenvalue weighted by molar-refractivity contribution is 5.79. The second-order valence-electron chi connectivity index (χ2n) is 3.81. The molecule has 3 heteroatoms. The summed E-state index contributed by atoms with van der Waals surface area (Å²) < 4.78 is 0. The summed E-state index contributed by atoms with van der Waals surface area (Å²) in [6.45, 7) is 0.911. The average Bonchev–Trinajstić information content (AvgIpc) is 2.70. The van der Waals surface area contributed by atoms with Gasteiger partial charge in [0.2, 0.25) is 5.91 Å². The third-order valence-corrected chi connectivity index (χ3v) is 3.15. The lowest BCUT2D eigenvalue weighted by Crippen LogP contribution is -2.33. The van der Waals surface area contributed by atoms with Gasteiger partial charge in [0.15, 0.2) is 0 Å². The quantitative estimate of drug-likeness (QED) is 0.634. The van der Waals surface area contributed by atoms with Gasteiger partial charge in [-0.1, -0.05) is 0 Å². The molecule has 13 heavy (non-hydrogen) atoms. The Labute approximate surface area is 76.7 Å². The highest BCUT2D eigenvalue weighted by Crippen LogP contribution is 2.36. The van der Waals surface area contributed by atoms with Gasteiger partial charge in [0, 0.05) is 24.9 Å². The normalized spacial score (nSPS) is 26.0. The zero-order valence-electron chi connectivity index (χ0n) is 7.42. The molecule has 2 aliphatic rings. The van der Waals surface area contributed by atoms with E-state index < -0.39 is 0 Å². The maximum atomic E-state index is 11.5. The molecule has 0 radical (unpaired) electrons. The topological polar surface area (TPSA) is 36.1 Å². The fraction of sp³-hybridized carbons (Fsp3) is 0.500. The number of rotatable bonds is 0. The van der Waals surface area contributed by atoms with Crippen LogP contribution in [0.5, 0.6) is 0 Å². The van der Waals surface area contributed by atoms with E-state index in [9.17, 15) is 4.79 Å². The molecule has 0 spiro atoms. The van der Waals surface area contributed by atoms with Crippen molar-refractivity contribution in [1.29, 1.82) is 0 Å². The van der Waals surface area contributed by atoms with Crippen LogP contribution in [0.25, 0.3) is 0 Å². The summed E-state index contributed by atoms with van der Waals surface area (Å²) in [6.07, 6.45) is 4.72. The smallest absolute Gasteiger partial charge is 0.223 e. The van der Waals surface area contributed by atoms with Gasteiger partial charge < -0.3 is 9.88 Å². The molecular weight excluding hydrogens is 164 g/mol. The number of amides is 1. The van der Waals surface area contributed by atoms with E-state index in [1.165, 1.54) is 11.3 Å². The van der Waals surface area contributed by atoms with Crippen LogP contribution < -0.4 is 0 Å². The number of aromatic amines is 1. The Morgan fingerprint density at radius 2 is 2.38 bits per heavy atom. The van der Waals surface area contributed by atoms with Gasteiger partial charge in [0.05, 0.1) is 6.04 Å². The molecular formula is C10H12N2O. The van der Waals surface area contributed by atoms with Gasteiger partial charge in [-0.2, -0.15) is 0 Å². The molecule has 1 aromatic heterocycles. The summed E-state index contributed by atoms with van der Waals surface area (Å²) in [5, 5.41) is 0. The first-order chi connectivity index (χ1) is 6.36. The summed E-state index contributed by atoms with van der Waals surface area (Å²) in [5.41, 5.74) is 2.67. The molecule has 0 aromatic carbocycles. The fourth-order valence-corrected chi connectivity index (χ4v) is 2.50. The number of H-pyrrole nitrogens is 1. The molecule has 0 bridgehead atoms. The van der Waals surface area contributed by atoms with Crippen LogP contribution in [0.2, 0.25) is 0 Å². The lowest BCUT2D eigenvalue weighted by molar-refractivity contribution is -0.129. The van der Waals surface area contributed by atoms with Gasteiger partial charge in [0.25, 0.3) is 0 Å². The van der Waals surface area contributed by atoms with E-state index in [0.717, 1.165) is 25.8 Å². The van der Waals surface area contributed by atoms with Crippen molar-refractivity contribution in [1.82, 2.24) is 9.88 Å². The van der Waals surface area contributed by atoms with Crippen LogP contribution >= 0.6 is 0 Å². The Morgan fingerprint density at radius 3 is 3.31 bits per heavy atom. The number of fused-ring (bicyclic) bond motifs is 3. The van der Waals surface area contributed by atoms with Gasteiger partial charge in [-0.15, -0.1) is 0 Å². The SMILES string of the molecule is O=C1CCC2c3[nH]ccc3CCN12. The minimum Gasteiger partial charge on any atom is -0.363 e. The zero-order chi connectivity index (χ0) is 8.84. The monoisotopic (exact) mass is 176 g/mol. The van der Waals surface area contributed by atoms with Crippen LogP contribution in [-0.2, 0) is 11.2 Å². The Kier molecular flexibility index (Phi) is 1.31. The predicted octanol–water partition coefficient (Wildman–Crippen LogP) is 1.23. The van der Waals surface area contributed by atoms with Crippen molar-refractivity contribution >= 4 is 5.91 Å². The molecule has 0 saturated carbocycles. The maximum Gasteiger partial charge on any atom is 0.223 e. The summed E-state index contributed by atoms with van der Waals surface area (Å²) in [7, 11) is 0. The molecule has 2 aliphatic heterocycles. The summed E-state index contributed by atoms with van der Waals surface area (Å²) in [5.74, 6) is 0.324. The molecule has 1 atom stereocenters. The summed E-state index contributed by atoms with van der Waals surface area (Å²) in [4.78, 5) is 16.7. The Balaban J connectivity index is 2.05. The largest absolute Gasteiger partial charge is 0.363 e. The van der Waals surface area contributed by atoms with Crippen LogP contribution in [0.15, 0.2) is 12.3 Å². The highest BCUT2D eigenvalue weighted by atomic mass is 16.2. The first-order valence-electron chi connectivity index (χ1n) is 4.82. The van der Waals surface area contributed by atoms with Gasteiger partial charge in [0.1, 0.15) is 0 Å². The molecule has 1 saturated heterocycles. The van der Waals surface area contributed by atoms with Gasteiger partial charge in [-0.05, 0) is 24.5 Å². The van der Waals surface area contributed by atoms with E-state index in [1.807, 2.05) is 11.1 Å². The number of hydrogen-bond acceptors (Lipinski definition) is 1. The summed E-state index contributed by atoms with van der Waals surface area (Å²) >= 11 is 0. The van der Waals surface area contributed by atoms with E-state index >= 15 is 0 Å². The minimum absolute atomic E-state index is 0.324. The van der Waals surface area contributed by atoms with Gasteiger partial charge >= 0.3 is 0 Å². The van der Waals surface area contributed by atoms with Crippen LogP contribution in [0.1, 0.15) is 30.1 Å². The van der Waals surface area contributed by atoms with E-state index in [0.29, 0.717) is 11.9 Å². The van der Waals surface area contributed by atoms with E-state index in [4.69, 9.17) is 0 Å². The first kappa shape index (κ1) is 7.18. The number of carbonyl (C=O) groups excluding carboxylic acids is 1. The van der Waals surface area contributed by atoms with Crippen LogP contribution in [-0.4, -0.2) is 22.3 Å². The van der Waals surface area contributed by atoms with E-state index in [-0.39, 0.29) is 0 Å². The molecule has 3 heterocycles. The third kappa shape index (κ3) is 0.870. The second kappa shape index (κ2) is 2.37. The Bertz CT molecular complexity index is 356. The molecule has 3 nitrogen and oxygen atoms in total. The van der Waals surface area contributed by atoms with Crippen molar-refractivity contribution in [3.8, 4) is 0 Å². The zero-order valence-corrected chi connectivity index (χ0v) is 7.42. The molecule has 68 valence electrons. The number of nitrogens with one attached hydrogen (secondary N) is 1. The number of carbonyl (C=O) groups is 1. The van der Waals surface area contributed by atoms with Crippen molar-refractivity contribution < 1.29 is 4.79 Å². The van der Waals surface area contributed by atoms with Crippen molar-refractivity contribution in [3.05, 3.63) is 23.5 Å². The minimum atomic E-state index is 0.324.